The number of hydrogen-bond acceptors (Lipinski definition) is 3. The van der Waals surface area contributed by atoms with Crippen LogP contribution in [0.5, 0.6) is 0 Å². The summed E-state index contributed by atoms with van der Waals surface area (Å²) in [7, 11) is 0. The number of ketones is 1. The van der Waals surface area contributed by atoms with Crippen molar-refractivity contribution in [2.45, 2.75) is 19.8 Å². The summed E-state index contributed by atoms with van der Waals surface area (Å²) in [4.78, 5) is 12.4. The lowest BCUT2D eigenvalue weighted by Crippen LogP contribution is -2.17. The van der Waals surface area contributed by atoms with Gasteiger partial charge in [0.2, 0.25) is 0 Å². The molecule has 1 unspecified atom stereocenters. The van der Waals surface area contributed by atoms with Crippen LogP contribution in [0.15, 0.2) is 12.1 Å². The zero-order valence-corrected chi connectivity index (χ0v) is 9.70. The molecule has 1 aromatic rings. The molecule has 1 atom stereocenters. The van der Waals surface area contributed by atoms with E-state index in [1.807, 2.05) is 6.92 Å². The van der Waals surface area contributed by atoms with Crippen molar-refractivity contribution in [2.75, 3.05) is 6.54 Å². The van der Waals surface area contributed by atoms with Gasteiger partial charge < -0.3 is 5.73 Å². The molecule has 0 saturated heterocycles. The van der Waals surface area contributed by atoms with Gasteiger partial charge in [-0.1, -0.05) is 24.9 Å². The first-order chi connectivity index (χ1) is 6.67. The van der Waals surface area contributed by atoms with E-state index in [4.69, 9.17) is 17.3 Å². The van der Waals surface area contributed by atoms with Crippen LogP contribution in [0.3, 0.4) is 0 Å². The smallest absolute Gasteiger partial charge is 0.173 e. The van der Waals surface area contributed by atoms with Gasteiger partial charge >= 0.3 is 0 Å². The first kappa shape index (κ1) is 11.7. The Morgan fingerprint density at radius 2 is 2.36 bits per heavy atom. The number of hydrogen-bond donors (Lipinski definition) is 1. The summed E-state index contributed by atoms with van der Waals surface area (Å²) in [5.74, 6) is 0.447. The first-order valence-corrected chi connectivity index (χ1v) is 5.85. The second-order valence-corrected chi connectivity index (χ2v) is 4.96. The number of halogens is 1. The Balaban J connectivity index is 2.58. The van der Waals surface area contributed by atoms with Gasteiger partial charge in [0.1, 0.15) is 0 Å². The van der Waals surface area contributed by atoms with E-state index < -0.39 is 0 Å². The lowest BCUT2D eigenvalue weighted by Gasteiger charge is -2.09. The van der Waals surface area contributed by atoms with Crippen molar-refractivity contribution in [1.82, 2.24) is 0 Å². The van der Waals surface area contributed by atoms with Crippen LogP contribution in [0, 0.1) is 5.92 Å². The van der Waals surface area contributed by atoms with Gasteiger partial charge in [-0.15, -0.1) is 11.3 Å². The van der Waals surface area contributed by atoms with E-state index in [2.05, 4.69) is 0 Å². The number of carbonyl (C=O) groups is 1. The van der Waals surface area contributed by atoms with Crippen LogP contribution >= 0.6 is 22.9 Å². The minimum absolute atomic E-state index is 0.152. The summed E-state index contributed by atoms with van der Waals surface area (Å²) < 4.78 is 0.661. The predicted molar refractivity (Wildman–Crippen MR) is 61.1 cm³/mol. The highest BCUT2D eigenvalue weighted by Crippen LogP contribution is 2.24. The SMILES string of the molecule is CCC(CN)CC(=O)c1ccc(Cl)s1. The quantitative estimate of drug-likeness (QED) is 0.792. The third-order valence-corrected chi connectivity index (χ3v) is 3.50. The summed E-state index contributed by atoms with van der Waals surface area (Å²) in [6.45, 7) is 2.62. The highest BCUT2D eigenvalue weighted by molar-refractivity contribution is 7.18. The maximum absolute atomic E-state index is 11.7. The second kappa shape index (κ2) is 5.49. The molecule has 0 aliphatic carbocycles. The largest absolute Gasteiger partial charge is 0.330 e. The number of rotatable bonds is 5. The Kier molecular flexibility index (Phi) is 4.58. The summed E-state index contributed by atoms with van der Waals surface area (Å²) >= 11 is 7.08. The monoisotopic (exact) mass is 231 g/mol. The third kappa shape index (κ3) is 3.08. The van der Waals surface area contributed by atoms with Crippen LogP contribution in [-0.2, 0) is 0 Å². The van der Waals surface area contributed by atoms with E-state index in [0.717, 1.165) is 11.3 Å². The Bertz CT molecular complexity index is 307. The molecule has 2 nitrogen and oxygen atoms in total. The van der Waals surface area contributed by atoms with Crippen molar-refractivity contribution in [2.24, 2.45) is 11.7 Å². The minimum atomic E-state index is 0.152. The molecule has 14 heavy (non-hydrogen) atoms. The summed E-state index contributed by atoms with van der Waals surface area (Å²) in [5.41, 5.74) is 5.54. The first-order valence-electron chi connectivity index (χ1n) is 4.66. The van der Waals surface area contributed by atoms with E-state index in [-0.39, 0.29) is 5.78 Å². The van der Waals surface area contributed by atoms with Gasteiger partial charge in [0, 0.05) is 6.42 Å². The average Bonchev–Trinajstić information content (AvgIpc) is 2.61. The molecule has 1 heterocycles. The standard InChI is InChI=1S/C10H14ClNOS/c1-2-7(6-12)5-8(13)9-3-4-10(11)14-9/h3-4,7H,2,5-6,12H2,1H3. The Morgan fingerprint density at radius 3 is 2.79 bits per heavy atom. The molecule has 78 valence electrons. The van der Waals surface area contributed by atoms with Crippen LogP contribution < -0.4 is 5.73 Å². The predicted octanol–water partition coefficient (Wildman–Crippen LogP) is 2.96. The molecule has 1 aromatic heterocycles. The molecule has 0 aliphatic rings. The van der Waals surface area contributed by atoms with E-state index >= 15 is 0 Å². The maximum Gasteiger partial charge on any atom is 0.173 e. The van der Waals surface area contributed by atoms with Crippen LogP contribution in [0.25, 0.3) is 0 Å². The number of thiophene rings is 1. The fourth-order valence-electron chi connectivity index (χ4n) is 1.22. The molecule has 4 heteroatoms. The van der Waals surface area contributed by atoms with E-state index in [9.17, 15) is 4.79 Å². The molecule has 0 radical (unpaired) electrons. The van der Waals surface area contributed by atoms with E-state index in [0.29, 0.717) is 23.2 Å². The third-order valence-electron chi connectivity index (χ3n) is 2.23. The fourth-order valence-corrected chi connectivity index (χ4v) is 2.21. The van der Waals surface area contributed by atoms with Crippen LogP contribution in [-0.4, -0.2) is 12.3 Å². The average molecular weight is 232 g/mol. The normalized spacial score (nSPS) is 12.8. The van der Waals surface area contributed by atoms with Crippen molar-refractivity contribution < 1.29 is 4.79 Å². The van der Waals surface area contributed by atoms with Crippen molar-refractivity contribution in [3.05, 3.63) is 21.3 Å². The van der Waals surface area contributed by atoms with Crippen LogP contribution in [0.4, 0.5) is 0 Å². The molecular weight excluding hydrogens is 218 g/mol. The summed E-state index contributed by atoms with van der Waals surface area (Å²) in [5, 5.41) is 0. The van der Waals surface area contributed by atoms with Crippen molar-refractivity contribution in [3.63, 3.8) is 0 Å². The minimum Gasteiger partial charge on any atom is -0.330 e. The molecule has 0 aliphatic heterocycles. The number of carbonyl (C=O) groups excluding carboxylic acids is 1. The number of nitrogens with two attached hydrogens (primary N) is 1. The van der Waals surface area contributed by atoms with Crippen LogP contribution in [0.2, 0.25) is 4.34 Å². The Hall–Kier alpha value is -0.380. The molecule has 2 N–H and O–H groups in total. The molecule has 1 rings (SSSR count). The van der Waals surface area contributed by atoms with Gasteiger partial charge in [0.05, 0.1) is 9.21 Å². The highest BCUT2D eigenvalue weighted by Gasteiger charge is 2.13. The van der Waals surface area contributed by atoms with Crippen molar-refractivity contribution in [3.8, 4) is 0 Å². The van der Waals surface area contributed by atoms with E-state index in [1.54, 1.807) is 12.1 Å². The molecular formula is C10H14ClNOS. The van der Waals surface area contributed by atoms with E-state index in [1.165, 1.54) is 11.3 Å². The maximum atomic E-state index is 11.7. The van der Waals surface area contributed by atoms with Gasteiger partial charge in [0.25, 0.3) is 0 Å². The molecule has 0 saturated carbocycles. The molecule has 0 fully saturated rings. The van der Waals surface area contributed by atoms with Gasteiger partial charge in [-0.05, 0) is 24.6 Å². The van der Waals surface area contributed by atoms with Gasteiger partial charge in [-0.25, -0.2) is 0 Å². The highest BCUT2D eigenvalue weighted by atomic mass is 35.5. The fraction of sp³-hybridized carbons (Fsp3) is 0.500. The Labute approximate surface area is 93.1 Å². The van der Waals surface area contributed by atoms with Gasteiger partial charge in [0.15, 0.2) is 5.78 Å². The molecule has 0 spiro atoms. The topological polar surface area (TPSA) is 43.1 Å². The van der Waals surface area contributed by atoms with Crippen LogP contribution in [0.1, 0.15) is 29.4 Å². The lowest BCUT2D eigenvalue weighted by molar-refractivity contribution is 0.0965. The zero-order chi connectivity index (χ0) is 10.6. The van der Waals surface area contributed by atoms with Gasteiger partial charge in [-0.2, -0.15) is 0 Å². The van der Waals surface area contributed by atoms with Gasteiger partial charge in [-0.3, -0.25) is 4.79 Å². The molecule has 0 amide bonds. The van der Waals surface area contributed by atoms with Crippen molar-refractivity contribution in [1.29, 1.82) is 0 Å². The Morgan fingerprint density at radius 1 is 1.64 bits per heavy atom. The number of Topliss-reactive ketones (excluding diaryl/α,β-unsaturated/α-hetero) is 1. The van der Waals surface area contributed by atoms with Crippen molar-refractivity contribution >= 4 is 28.7 Å². The second-order valence-electron chi connectivity index (χ2n) is 3.24. The molecule has 0 aromatic carbocycles. The molecule has 0 bridgehead atoms. The summed E-state index contributed by atoms with van der Waals surface area (Å²) in [6, 6.07) is 3.53. The zero-order valence-electron chi connectivity index (χ0n) is 8.13. The lowest BCUT2D eigenvalue weighted by atomic mass is 9.99. The summed E-state index contributed by atoms with van der Waals surface area (Å²) in [6.07, 6.45) is 1.48.